The minimum Gasteiger partial charge on any atom is -0.328 e. The number of nitrogens with one attached hydrogen (secondary N) is 1. The van der Waals surface area contributed by atoms with Gasteiger partial charge in [0, 0.05) is 6.20 Å². The van der Waals surface area contributed by atoms with E-state index in [-0.39, 0.29) is 11.1 Å². The van der Waals surface area contributed by atoms with Gasteiger partial charge < -0.3 is 4.98 Å². The van der Waals surface area contributed by atoms with E-state index >= 15 is 0 Å². The first-order valence-corrected chi connectivity index (χ1v) is 4.99. The van der Waals surface area contributed by atoms with Gasteiger partial charge in [-0.2, -0.15) is 0 Å². The zero-order valence-electron chi connectivity index (χ0n) is 7.95. The molecule has 0 saturated heterocycles. The molecular weight excluding hydrogens is 178 g/mol. The zero-order chi connectivity index (χ0) is 9.97. The summed E-state index contributed by atoms with van der Waals surface area (Å²) in [6, 6.07) is 1.72. The third-order valence-corrected chi connectivity index (χ3v) is 2.91. The van der Waals surface area contributed by atoms with E-state index in [1.165, 1.54) is 25.7 Å². The third kappa shape index (κ3) is 1.62. The second-order valence-corrected chi connectivity index (χ2v) is 3.82. The first kappa shape index (κ1) is 9.19. The highest BCUT2D eigenvalue weighted by Gasteiger charge is 2.17. The predicted octanol–water partition coefficient (Wildman–Crippen LogP) is 1.84. The molecule has 0 amide bonds. The van der Waals surface area contributed by atoms with Crippen molar-refractivity contribution < 1.29 is 4.79 Å². The standard InChI is InChI=1S/C11H13NO2/c13-7-10-5-9(6-12-11(10)14)8-3-1-2-4-8/h5-8H,1-4H2,(H,12,14). The van der Waals surface area contributed by atoms with Gasteiger partial charge in [0.2, 0.25) is 0 Å². The third-order valence-electron chi connectivity index (χ3n) is 2.91. The van der Waals surface area contributed by atoms with Crippen molar-refractivity contribution in [3.05, 3.63) is 33.7 Å². The van der Waals surface area contributed by atoms with Crippen molar-refractivity contribution in [2.75, 3.05) is 0 Å². The van der Waals surface area contributed by atoms with Crippen molar-refractivity contribution in [1.29, 1.82) is 0 Å². The van der Waals surface area contributed by atoms with Crippen molar-refractivity contribution in [3.63, 3.8) is 0 Å². The zero-order valence-corrected chi connectivity index (χ0v) is 7.95. The van der Waals surface area contributed by atoms with Crippen LogP contribution in [0.4, 0.5) is 0 Å². The van der Waals surface area contributed by atoms with Crippen LogP contribution < -0.4 is 5.56 Å². The predicted molar refractivity (Wildman–Crippen MR) is 53.7 cm³/mol. The molecule has 1 aliphatic carbocycles. The fourth-order valence-electron chi connectivity index (χ4n) is 2.10. The Bertz CT molecular complexity index is 389. The quantitative estimate of drug-likeness (QED) is 0.725. The van der Waals surface area contributed by atoms with E-state index in [0.29, 0.717) is 12.2 Å². The largest absolute Gasteiger partial charge is 0.328 e. The van der Waals surface area contributed by atoms with Crippen LogP contribution in [0.2, 0.25) is 0 Å². The first-order chi connectivity index (χ1) is 6.81. The summed E-state index contributed by atoms with van der Waals surface area (Å²) in [6.45, 7) is 0. The normalized spacial score (nSPS) is 17.1. The number of hydrogen-bond donors (Lipinski definition) is 1. The molecule has 74 valence electrons. The van der Waals surface area contributed by atoms with Gasteiger partial charge in [0.25, 0.3) is 5.56 Å². The summed E-state index contributed by atoms with van der Waals surface area (Å²) in [6.07, 6.45) is 7.21. The molecule has 0 unspecified atom stereocenters. The van der Waals surface area contributed by atoms with Crippen molar-refractivity contribution in [2.24, 2.45) is 0 Å². The number of aldehydes is 1. The Morgan fingerprint density at radius 1 is 1.36 bits per heavy atom. The molecule has 0 aliphatic heterocycles. The molecule has 1 aliphatic rings. The number of pyridine rings is 1. The molecule has 1 fully saturated rings. The highest BCUT2D eigenvalue weighted by atomic mass is 16.1. The second kappa shape index (κ2) is 3.78. The number of aromatic amines is 1. The Morgan fingerprint density at radius 2 is 2.07 bits per heavy atom. The maximum absolute atomic E-state index is 11.1. The molecule has 0 aromatic carbocycles. The lowest BCUT2D eigenvalue weighted by molar-refractivity contribution is 0.112. The van der Waals surface area contributed by atoms with Crippen LogP contribution in [0, 0.1) is 0 Å². The molecule has 0 atom stereocenters. The van der Waals surface area contributed by atoms with Gasteiger partial charge in [-0.05, 0) is 30.4 Å². The molecule has 0 radical (unpaired) electrons. The van der Waals surface area contributed by atoms with Crippen molar-refractivity contribution in [3.8, 4) is 0 Å². The van der Waals surface area contributed by atoms with Gasteiger partial charge in [0.15, 0.2) is 6.29 Å². The van der Waals surface area contributed by atoms with E-state index in [0.717, 1.165) is 5.56 Å². The highest BCUT2D eigenvalue weighted by Crippen LogP contribution is 2.33. The SMILES string of the molecule is O=Cc1cc(C2CCCC2)c[nH]c1=O. The van der Waals surface area contributed by atoms with Gasteiger partial charge in [-0.15, -0.1) is 0 Å². The van der Waals surface area contributed by atoms with E-state index in [4.69, 9.17) is 0 Å². The van der Waals surface area contributed by atoms with E-state index in [2.05, 4.69) is 4.98 Å². The summed E-state index contributed by atoms with van der Waals surface area (Å²) >= 11 is 0. The van der Waals surface area contributed by atoms with Gasteiger partial charge in [-0.3, -0.25) is 9.59 Å². The second-order valence-electron chi connectivity index (χ2n) is 3.82. The van der Waals surface area contributed by atoms with Gasteiger partial charge in [0.05, 0.1) is 5.56 Å². The number of aromatic nitrogens is 1. The van der Waals surface area contributed by atoms with E-state index in [1.54, 1.807) is 12.3 Å². The van der Waals surface area contributed by atoms with Gasteiger partial charge in [-0.1, -0.05) is 12.8 Å². The minimum absolute atomic E-state index is 0.245. The average molecular weight is 191 g/mol. The molecule has 3 nitrogen and oxygen atoms in total. The smallest absolute Gasteiger partial charge is 0.258 e. The molecule has 0 spiro atoms. The topological polar surface area (TPSA) is 49.9 Å². The Balaban J connectivity index is 2.34. The van der Waals surface area contributed by atoms with Gasteiger partial charge >= 0.3 is 0 Å². The summed E-state index contributed by atoms with van der Waals surface area (Å²) < 4.78 is 0. The van der Waals surface area contributed by atoms with Crippen molar-refractivity contribution in [1.82, 2.24) is 4.98 Å². The number of hydrogen-bond acceptors (Lipinski definition) is 2. The lowest BCUT2D eigenvalue weighted by Gasteiger charge is -2.08. The Labute approximate surface area is 82.2 Å². The molecule has 1 aromatic rings. The Kier molecular flexibility index (Phi) is 2.48. The van der Waals surface area contributed by atoms with Gasteiger partial charge in [-0.25, -0.2) is 0 Å². The summed E-state index contributed by atoms with van der Waals surface area (Å²) in [5, 5.41) is 0. The lowest BCUT2D eigenvalue weighted by Crippen LogP contribution is -2.12. The minimum atomic E-state index is -0.290. The van der Waals surface area contributed by atoms with Crippen LogP contribution in [0.5, 0.6) is 0 Å². The molecule has 1 saturated carbocycles. The fourth-order valence-corrected chi connectivity index (χ4v) is 2.10. The van der Waals surface area contributed by atoms with Crippen molar-refractivity contribution >= 4 is 6.29 Å². The molecule has 2 rings (SSSR count). The maximum Gasteiger partial charge on any atom is 0.258 e. The number of carbonyl (C=O) groups is 1. The van der Waals surface area contributed by atoms with Crippen LogP contribution in [0.3, 0.4) is 0 Å². The molecule has 0 bridgehead atoms. The van der Waals surface area contributed by atoms with Crippen LogP contribution in [-0.4, -0.2) is 11.3 Å². The summed E-state index contributed by atoms with van der Waals surface area (Å²) in [5.74, 6) is 0.533. The summed E-state index contributed by atoms with van der Waals surface area (Å²) in [5.41, 5.74) is 1.06. The van der Waals surface area contributed by atoms with Crippen molar-refractivity contribution in [2.45, 2.75) is 31.6 Å². The molecule has 1 aromatic heterocycles. The number of carbonyl (C=O) groups excluding carboxylic acids is 1. The molecule has 3 heteroatoms. The van der Waals surface area contributed by atoms with E-state index < -0.39 is 0 Å². The Hall–Kier alpha value is -1.38. The molecular formula is C11H13NO2. The lowest BCUT2D eigenvalue weighted by atomic mass is 9.98. The van der Waals surface area contributed by atoms with Crippen LogP contribution in [-0.2, 0) is 0 Å². The molecule has 1 heterocycles. The first-order valence-electron chi connectivity index (χ1n) is 4.99. The molecule has 1 N–H and O–H groups in total. The van der Waals surface area contributed by atoms with E-state index in [1.807, 2.05) is 0 Å². The van der Waals surface area contributed by atoms with Gasteiger partial charge in [0.1, 0.15) is 0 Å². The van der Waals surface area contributed by atoms with Crippen LogP contribution in [0.1, 0.15) is 47.5 Å². The number of rotatable bonds is 2. The summed E-state index contributed by atoms with van der Waals surface area (Å²) in [4.78, 5) is 24.3. The number of H-pyrrole nitrogens is 1. The Morgan fingerprint density at radius 3 is 2.71 bits per heavy atom. The average Bonchev–Trinajstić information content (AvgIpc) is 2.71. The monoisotopic (exact) mass is 191 g/mol. The fraction of sp³-hybridized carbons (Fsp3) is 0.455. The van der Waals surface area contributed by atoms with Crippen LogP contribution >= 0.6 is 0 Å². The van der Waals surface area contributed by atoms with Crippen LogP contribution in [0.15, 0.2) is 17.1 Å². The summed E-state index contributed by atoms with van der Waals surface area (Å²) in [7, 11) is 0. The highest BCUT2D eigenvalue weighted by molar-refractivity contribution is 5.74. The van der Waals surface area contributed by atoms with E-state index in [9.17, 15) is 9.59 Å². The van der Waals surface area contributed by atoms with Crippen LogP contribution in [0.25, 0.3) is 0 Å². The maximum atomic E-state index is 11.1. The molecule has 14 heavy (non-hydrogen) atoms.